The summed E-state index contributed by atoms with van der Waals surface area (Å²) >= 11 is 0. The summed E-state index contributed by atoms with van der Waals surface area (Å²) in [7, 11) is 5.62. The minimum Gasteiger partial charge on any atom is -0.496 e. The van der Waals surface area contributed by atoms with Crippen molar-refractivity contribution in [3.05, 3.63) is 72.3 Å². The van der Waals surface area contributed by atoms with E-state index in [1.165, 1.54) is 0 Å². The Balaban J connectivity index is 0.00000364. The van der Waals surface area contributed by atoms with Gasteiger partial charge in [-0.25, -0.2) is 0 Å². The molecular weight excluding hydrogens is 364 g/mol. The fourth-order valence-electron chi connectivity index (χ4n) is 2.66. The van der Waals surface area contributed by atoms with Crippen molar-refractivity contribution in [3.8, 4) is 11.5 Å². The molecule has 0 saturated carbocycles. The van der Waals surface area contributed by atoms with Crippen LogP contribution in [0.5, 0.6) is 11.5 Å². The molecular formula is C21H27ClN2O3. The average Bonchev–Trinajstić information content (AvgIpc) is 2.66. The Kier molecular flexibility index (Phi) is 9.40. The van der Waals surface area contributed by atoms with Crippen LogP contribution in [0.3, 0.4) is 0 Å². The number of ether oxygens (including phenoxy) is 2. The zero-order chi connectivity index (χ0) is 18.9. The first kappa shape index (κ1) is 22.5. The lowest BCUT2D eigenvalue weighted by molar-refractivity contribution is 0.0941. The Morgan fingerprint density at radius 1 is 1.19 bits per heavy atom. The number of carbonyl (C=O) groups excluding carboxylic acids is 1. The zero-order valence-corrected chi connectivity index (χ0v) is 16.8. The van der Waals surface area contributed by atoms with Gasteiger partial charge in [-0.05, 0) is 44.4 Å². The number of amides is 1. The van der Waals surface area contributed by atoms with E-state index in [0.29, 0.717) is 24.5 Å². The van der Waals surface area contributed by atoms with Gasteiger partial charge >= 0.3 is 0 Å². The summed E-state index contributed by atoms with van der Waals surface area (Å²) in [5, 5.41) is 3.00. The van der Waals surface area contributed by atoms with Crippen molar-refractivity contribution in [2.24, 2.45) is 0 Å². The van der Waals surface area contributed by atoms with Crippen LogP contribution in [0.4, 0.5) is 0 Å². The Morgan fingerprint density at radius 2 is 1.85 bits per heavy atom. The number of para-hydroxylation sites is 1. The van der Waals surface area contributed by atoms with Crippen LogP contribution in [0.25, 0.3) is 0 Å². The van der Waals surface area contributed by atoms with Crippen molar-refractivity contribution in [2.75, 3.05) is 34.4 Å². The van der Waals surface area contributed by atoms with Crippen molar-refractivity contribution >= 4 is 18.3 Å². The minimum atomic E-state index is -0.123. The third-order valence-corrected chi connectivity index (χ3v) is 4.06. The molecule has 0 spiro atoms. The molecule has 0 aliphatic carbocycles. The number of halogens is 1. The topological polar surface area (TPSA) is 50.8 Å². The Labute approximate surface area is 167 Å². The summed E-state index contributed by atoms with van der Waals surface area (Å²) < 4.78 is 10.9. The second kappa shape index (κ2) is 11.3. The molecule has 0 aromatic heterocycles. The highest BCUT2D eigenvalue weighted by atomic mass is 35.5. The van der Waals surface area contributed by atoms with Gasteiger partial charge < -0.3 is 19.7 Å². The SMILES string of the molecule is C=CCOc1ccc(C(=O)NCC(c2ccccc2OC)N(C)C)cc1.Cl. The molecule has 0 heterocycles. The number of hydrogen-bond donors (Lipinski definition) is 1. The van der Waals surface area contributed by atoms with E-state index in [1.54, 1.807) is 37.5 Å². The maximum Gasteiger partial charge on any atom is 0.251 e. The lowest BCUT2D eigenvalue weighted by Crippen LogP contribution is -2.34. The van der Waals surface area contributed by atoms with E-state index in [4.69, 9.17) is 9.47 Å². The van der Waals surface area contributed by atoms with Gasteiger partial charge in [-0.1, -0.05) is 30.9 Å². The molecule has 1 N–H and O–H groups in total. The molecule has 0 aliphatic heterocycles. The molecule has 1 amide bonds. The van der Waals surface area contributed by atoms with Crippen molar-refractivity contribution in [2.45, 2.75) is 6.04 Å². The van der Waals surface area contributed by atoms with E-state index in [-0.39, 0.29) is 24.4 Å². The van der Waals surface area contributed by atoms with Crippen molar-refractivity contribution in [1.29, 1.82) is 0 Å². The normalized spacial score (nSPS) is 11.3. The zero-order valence-electron chi connectivity index (χ0n) is 16.0. The van der Waals surface area contributed by atoms with Gasteiger partial charge in [0, 0.05) is 17.7 Å². The molecule has 0 fully saturated rings. The summed E-state index contributed by atoms with van der Waals surface area (Å²) in [5.41, 5.74) is 1.63. The van der Waals surface area contributed by atoms with Gasteiger partial charge in [0.15, 0.2) is 0 Å². The molecule has 0 bridgehead atoms. The number of likely N-dealkylation sites (N-methyl/N-ethyl adjacent to an activating group) is 1. The van der Waals surface area contributed by atoms with E-state index in [1.807, 2.05) is 38.4 Å². The van der Waals surface area contributed by atoms with E-state index in [0.717, 1.165) is 11.3 Å². The van der Waals surface area contributed by atoms with E-state index >= 15 is 0 Å². The van der Waals surface area contributed by atoms with Crippen LogP contribution in [0.2, 0.25) is 0 Å². The highest BCUT2D eigenvalue weighted by Crippen LogP contribution is 2.27. The molecule has 2 aromatic carbocycles. The largest absolute Gasteiger partial charge is 0.496 e. The molecule has 0 aliphatic rings. The number of carbonyl (C=O) groups is 1. The maximum absolute atomic E-state index is 12.5. The number of nitrogens with one attached hydrogen (secondary N) is 1. The third-order valence-electron chi connectivity index (χ3n) is 4.06. The smallest absolute Gasteiger partial charge is 0.251 e. The number of rotatable bonds is 9. The maximum atomic E-state index is 12.5. The second-order valence-corrected chi connectivity index (χ2v) is 6.06. The summed E-state index contributed by atoms with van der Waals surface area (Å²) in [6.45, 7) is 4.52. The number of benzene rings is 2. The first-order valence-electron chi connectivity index (χ1n) is 8.48. The average molecular weight is 391 g/mol. The monoisotopic (exact) mass is 390 g/mol. The van der Waals surface area contributed by atoms with Crippen molar-refractivity contribution < 1.29 is 14.3 Å². The Bertz CT molecular complexity index is 732. The van der Waals surface area contributed by atoms with Gasteiger partial charge in [0.25, 0.3) is 5.91 Å². The molecule has 1 unspecified atom stereocenters. The molecule has 146 valence electrons. The second-order valence-electron chi connectivity index (χ2n) is 6.06. The van der Waals surface area contributed by atoms with E-state index in [2.05, 4.69) is 16.8 Å². The van der Waals surface area contributed by atoms with Crippen LogP contribution < -0.4 is 14.8 Å². The molecule has 5 nitrogen and oxygen atoms in total. The molecule has 2 aromatic rings. The Morgan fingerprint density at radius 3 is 2.44 bits per heavy atom. The fourth-order valence-corrected chi connectivity index (χ4v) is 2.66. The van der Waals surface area contributed by atoms with Crippen molar-refractivity contribution in [1.82, 2.24) is 10.2 Å². The fraction of sp³-hybridized carbons (Fsp3) is 0.286. The Hall–Kier alpha value is -2.50. The third kappa shape index (κ3) is 6.31. The van der Waals surface area contributed by atoms with Gasteiger partial charge in [0.05, 0.1) is 13.2 Å². The van der Waals surface area contributed by atoms with Crippen LogP contribution in [-0.4, -0.2) is 45.2 Å². The predicted molar refractivity (Wildman–Crippen MR) is 111 cm³/mol. The standard InChI is InChI=1S/C21H26N2O3.ClH/c1-5-14-26-17-12-10-16(11-13-17)21(24)22-15-19(23(2)3)18-8-6-7-9-20(18)25-4;/h5-13,19H,1,14-15H2,2-4H3,(H,22,24);1H. The van der Waals surface area contributed by atoms with Crippen LogP contribution in [-0.2, 0) is 0 Å². The highest BCUT2D eigenvalue weighted by molar-refractivity contribution is 5.94. The minimum absolute atomic E-state index is 0. The molecule has 27 heavy (non-hydrogen) atoms. The number of nitrogens with zero attached hydrogens (tertiary/aromatic N) is 1. The number of methoxy groups -OCH3 is 1. The highest BCUT2D eigenvalue weighted by Gasteiger charge is 2.19. The molecule has 1 atom stereocenters. The van der Waals surface area contributed by atoms with E-state index < -0.39 is 0 Å². The van der Waals surface area contributed by atoms with Crippen LogP contribution in [0, 0.1) is 0 Å². The van der Waals surface area contributed by atoms with Crippen molar-refractivity contribution in [3.63, 3.8) is 0 Å². The quantitative estimate of drug-likeness (QED) is 0.663. The summed E-state index contributed by atoms with van der Waals surface area (Å²) in [4.78, 5) is 14.5. The van der Waals surface area contributed by atoms with Gasteiger partial charge in [-0.3, -0.25) is 4.79 Å². The van der Waals surface area contributed by atoms with Gasteiger partial charge in [0.1, 0.15) is 18.1 Å². The molecule has 6 heteroatoms. The number of hydrogen-bond acceptors (Lipinski definition) is 4. The first-order chi connectivity index (χ1) is 12.6. The summed E-state index contributed by atoms with van der Waals surface area (Å²) in [5.74, 6) is 1.40. The van der Waals surface area contributed by atoms with Crippen LogP contribution >= 0.6 is 12.4 Å². The molecule has 2 rings (SSSR count). The predicted octanol–water partition coefficient (Wildman–Crippen LogP) is 3.71. The van der Waals surface area contributed by atoms with E-state index in [9.17, 15) is 4.79 Å². The summed E-state index contributed by atoms with van der Waals surface area (Å²) in [6, 6.07) is 14.9. The van der Waals surface area contributed by atoms with Gasteiger partial charge in [0.2, 0.25) is 0 Å². The van der Waals surface area contributed by atoms with Gasteiger partial charge in [-0.15, -0.1) is 12.4 Å². The van der Waals surface area contributed by atoms with Crippen LogP contribution in [0.1, 0.15) is 22.0 Å². The summed E-state index contributed by atoms with van der Waals surface area (Å²) in [6.07, 6.45) is 1.68. The lowest BCUT2D eigenvalue weighted by Gasteiger charge is -2.26. The van der Waals surface area contributed by atoms with Crippen LogP contribution in [0.15, 0.2) is 61.2 Å². The lowest BCUT2D eigenvalue weighted by atomic mass is 10.0. The first-order valence-corrected chi connectivity index (χ1v) is 8.48. The van der Waals surface area contributed by atoms with Gasteiger partial charge in [-0.2, -0.15) is 0 Å². The molecule has 0 radical (unpaired) electrons. The molecule has 0 saturated heterocycles.